The van der Waals surface area contributed by atoms with Crippen LogP contribution in [0.2, 0.25) is 0 Å². The van der Waals surface area contributed by atoms with E-state index in [4.69, 9.17) is 0 Å². The van der Waals surface area contributed by atoms with E-state index in [1.54, 1.807) is 71.5 Å². The first kappa shape index (κ1) is 40.0. The standard InChI is InChI=1S/C21H25.C18H25.C6H10.2ClH.Zr/c1-20(2,3)16-9-7-14-11-15-8-10-17(21(4,5)6)13-19(15)18(14)12-16;1-12-3-13(2)17(4-12)11-18-8-14-5-15(9-18)7-16(6-14)10-18;1-2-4-6-5-3-1;;;/h7,9-10,12-13H,11H2,1-6H3;4,12,14-16H,5-11H2,1-2H3;1-5H2;2*1H;/q2*-1;;;;+2/p-2. The molecule has 0 aromatic heterocycles. The molecule has 5 saturated carbocycles. The summed E-state index contributed by atoms with van der Waals surface area (Å²) in [5.41, 5.74) is 12.6. The molecule has 1 unspecified atom stereocenters. The summed E-state index contributed by atoms with van der Waals surface area (Å²) in [6.45, 7) is 18.2. The van der Waals surface area contributed by atoms with Gasteiger partial charge in [-0.1, -0.05) is 102 Å². The molecule has 0 spiro atoms. The van der Waals surface area contributed by atoms with Crippen molar-refractivity contribution in [2.45, 2.75) is 150 Å². The monoisotopic (exact) mass is 760 g/mol. The molecule has 1 atom stereocenters. The molecule has 9 rings (SSSR count). The van der Waals surface area contributed by atoms with Crippen molar-refractivity contribution in [2.75, 3.05) is 0 Å². The first-order valence-electron chi connectivity index (χ1n) is 18.7. The minimum absolute atomic E-state index is 0. The zero-order chi connectivity index (χ0) is 32.9. The summed E-state index contributed by atoms with van der Waals surface area (Å²) in [5.74, 6) is 3.82. The first-order valence-corrected chi connectivity index (χ1v) is 20.0. The van der Waals surface area contributed by atoms with Gasteiger partial charge in [-0.3, -0.25) is 6.08 Å². The van der Waals surface area contributed by atoms with Crippen molar-refractivity contribution in [1.82, 2.24) is 0 Å². The average Bonchev–Trinajstić information content (AvgIpc) is 3.49. The van der Waals surface area contributed by atoms with Crippen LogP contribution in [0.3, 0.4) is 0 Å². The third-order valence-corrected chi connectivity index (χ3v) is 13.3. The Kier molecular flexibility index (Phi) is 13.2. The summed E-state index contributed by atoms with van der Waals surface area (Å²) in [6, 6.07) is 15.1. The Hall–Kier alpha value is -0.747. The van der Waals surface area contributed by atoms with Crippen molar-refractivity contribution in [1.29, 1.82) is 0 Å². The van der Waals surface area contributed by atoms with Gasteiger partial charge in [0.2, 0.25) is 0 Å². The Labute approximate surface area is 322 Å². The molecule has 4 bridgehead atoms. The van der Waals surface area contributed by atoms with Crippen LogP contribution in [0.15, 0.2) is 47.6 Å². The molecule has 0 N–H and O–H groups in total. The van der Waals surface area contributed by atoms with Crippen LogP contribution in [0.25, 0.3) is 11.1 Å². The van der Waals surface area contributed by atoms with Crippen LogP contribution < -0.4 is 24.8 Å². The Bertz CT molecular complexity index is 1410. The van der Waals surface area contributed by atoms with E-state index in [2.05, 4.69) is 104 Å². The molecule has 0 radical (unpaired) electrons. The fourth-order valence-corrected chi connectivity index (χ4v) is 10.8. The molecule has 5 fully saturated rings. The molecular formula is C45H60Cl2Zr-2. The van der Waals surface area contributed by atoms with E-state index >= 15 is 0 Å². The molecule has 0 heterocycles. The van der Waals surface area contributed by atoms with Crippen LogP contribution in [0.4, 0.5) is 0 Å². The van der Waals surface area contributed by atoms with Gasteiger partial charge in [-0.25, -0.2) is 5.57 Å². The van der Waals surface area contributed by atoms with Crippen LogP contribution >= 0.6 is 0 Å². The van der Waals surface area contributed by atoms with Crippen molar-refractivity contribution < 1.29 is 49.0 Å². The molecule has 260 valence electrons. The molecule has 0 saturated heterocycles. The summed E-state index contributed by atoms with van der Waals surface area (Å²) >= 11 is 1.69. The summed E-state index contributed by atoms with van der Waals surface area (Å²) in [6.07, 6.45) is 25.1. The van der Waals surface area contributed by atoms with E-state index in [-0.39, 0.29) is 35.6 Å². The fourth-order valence-electron chi connectivity index (χ4n) is 9.97. The number of rotatable bonds is 2. The van der Waals surface area contributed by atoms with Gasteiger partial charge >= 0.3 is 59.5 Å². The molecule has 7 aliphatic rings. The number of benzene rings is 2. The molecule has 2 aromatic carbocycles. The van der Waals surface area contributed by atoms with Crippen molar-refractivity contribution in [3.63, 3.8) is 0 Å². The Balaban J connectivity index is 0.000000176. The maximum atomic E-state index is 3.57. The predicted octanol–water partition coefficient (Wildman–Crippen LogP) is 6.25. The second-order valence-electron chi connectivity index (χ2n) is 18.3. The van der Waals surface area contributed by atoms with Gasteiger partial charge in [0.05, 0.1) is 0 Å². The third kappa shape index (κ3) is 9.37. The van der Waals surface area contributed by atoms with E-state index in [0.29, 0.717) is 11.3 Å². The number of fused-ring (bicyclic) bond motifs is 3. The Morgan fingerprint density at radius 3 is 1.83 bits per heavy atom. The molecular weight excluding hydrogens is 703 g/mol. The second kappa shape index (κ2) is 15.9. The zero-order valence-corrected chi connectivity index (χ0v) is 35.2. The van der Waals surface area contributed by atoms with E-state index in [0.717, 1.165) is 24.2 Å². The summed E-state index contributed by atoms with van der Waals surface area (Å²) in [7, 11) is 0. The van der Waals surface area contributed by atoms with Crippen molar-refractivity contribution in [2.24, 2.45) is 29.1 Å². The predicted molar refractivity (Wildman–Crippen MR) is 194 cm³/mol. The van der Waals surface area contributed by atoms with Crippen LogP contribution in [0.5, 0.6) is 0 Å². The molecule has 7 aliphatic carbocycles. The first-order chi connectivity index (χ1) is 21.7. The molecule has 0 amide bonds. The van der Waals surface area contributed by atoms with Gasteiger partial charge in [0.15, 0.2) is 0 Å². The molecule has 0 nitrogen and oxygen atoms in total. The van der Waals surface area contributed by atoms with Crippen molar-refractivity contribution in [3.05, 3.63) is 82.0 Å². The van der Waals surface area contributed by atoms with E-state index in [9.17, 15) is 0 Å². The third-order valence-electron chi connectivity index (χ3n) is 12.1. The van der Waals surface area contributed by atoms with Crippen LogP contribution in [-0.2, 0) is 41.5 Å². The minimum atomic E-state index is 0. The van der Waals surface area contributed by atoms with Gasteiger partial charge in [0.25, 0.3) is 0 Å². The number of hydrogen-bond acceptors (Lipinski definition) is 0. The molecule has 0 aliphatic heterocycles. The van der Waals surface area contributed by atoms with Gasteiger partial charge in [0.1, 0.15) is 0 Å². The van der Waals surface area contributed by atoms with Gasteiger partial charge in [0, 0.05) is 0 Å². The van der Waals surface area contributed by atoms with E-state index in [1.165, 1.54) is 77.5 Å². The summed E-state index contributed by atoms with van der Waals surface area (Å²) in [4.78, 5) is 0. The zero-order valence-electron chi connectivity index (χ0n) is 31.2. The number of hydrogen-bond donors (Lipinski definition) is 0. The Morgan fingerprint density at radius 1 is 0.792 bits per heavy atom. The van der Waals surface area contributed by atoms with Crippen LogP contribution in [0, 0.1) is 41.2 Å². The molecule has 3 heteroatoms. The number of allylic oxidation sites excluding steroid dienone is 4. The quantitative estimate of drug-likeness (QED) is 0.271. The summed E-state index contributed by atoms with van der Waals surface area (Å²) < 4.78 is 1.80. The van der Waals surface area contributed by atoms with Gasteiger partial charge in [-0.05, 0) is 79.1 Å². The van der Waals surface area contributed by atoms with Gasteiger partial charge < -0.3 is 24.8 Å². The van der Waals surface area contributed by atoms with Gasteiger partial charge in [-0.2, -0.15) is 41.0 Å². The van der Waals surface area contributed by atoms with E-state index < -0.39 is 0 Å². The molecule has 48 heavy (non-hydrogen) atoms. The van der Waals surface area contributed by atoms with Gasteiger partial charge in [-0.15, -0.1) is 5.56 Å². The average molecular weight is 763 g/mol. The van der Waals surface area contributed by atoms with E-state index in [1.807, 2.05) is 0 Å². The topological polar surface area (TPSA) is 0 Å². The van der Waals surface area contributed by atoms with Crippen LogP contribution in [0.1, 0.15) is 155 Å². The SMILES string of the molecule is CC(C)(C)c1c[c-]c2c(c1)-c1cc(C(C)(C)C)ccc1C2.CC1=[C-]C(C)C=C1CC12CC3CC(CC(C3)C1)C2.[Cl-].[Cl-].[Zr+2]=[C]1CCCCC1. The fraction of sp³-hybridized carbons (Fsp3) is 0.622. The second-order valence-corrected chi connectivity index (χ2v) is 20.1. The normalized spacial score (nSPS) is 28.0. The molecule has 2 aromatic rings. The summed E-state index contributed by atoms with van der Waals surface area (Å²) in [5, 5.41) is 0. The Morgan fingerprint density at radius 2 is 1.35 bits per heavy atom. The maximum absolute atomic E-state index is 3.57. The van der Waals surface area contributed by atoms with Crippen LogP contribution in [-0.4, -0.2) is 3.21 Å². The van der Waals surface area contributed by atoms with Crippen molar-refractivity contribution in [3.8, 4) is 11.1 Å². The number of halogens is 2. The van der Waals surface area contributed by atoms with Crippen molar-refractivity contribution >= 4 is 3.21 Å².